The van der Waals surface area contributed by atoms with Crippen LogP contribution in [0.3, 0.4) is 0 Å². The van der Waals surface area contributed by atoms with Gasteiger partial charge in [-0.2, -0.15) is 0 Å². The first-order valence-corrected chi connectivity index (χ1v) is 5.03. The van der Waals surface area contributed by atoms with Crippen LogP contribution in [-0.2, 0) is 4.65 Å². The minimum Gasteiger partial charge on any atom is -0.428 e. The van der Waals surface area contributed by atoms with Crippen LogP contribution in [0.25, 0.3) is 0 Å². The predicted octanol–water partition coefficient (Wildman–Crippen LogP) is 1.83. The van der Waals surface area contributed by atoms with Gasteiger partial charge in [0.1, 0.15) is 0 Å². The van der Waals surface area contributed by atoms with Crippen molar-refractivity contribution >= 4 is 36.2 Å². The summed E-state index contributed by atoms with van der Waals surface area (Å²) in [7, 11) is 3.38. The molecule has 0 bridgehead atoms. The van der Waals surface area contributed by atoms with Gasteiger partial charge in [-0.1, -0.05) is 0 Å². The molecule has 0 aromatic carbocycles. The zero-order valence-corrected chi connectivity index (χ0v) is 6.75. The van der Waals surface area contributed by atoms with Crippen LogP contribution < -0.4 is 0 Å². The second kappa shape index (κ2) is 4.27. The Balaban J connectivity index is 2.75. The van der Waals surface area contributed by atoms with Gasteiger partial charge >= 0.3 is 6.19 Å². The zero-order chi connectivity index (χ0) is 4.99. The molecule has 36 valence electrons. The van der Waals surface area contributed by atoms with E-state index in [9.17, 15) is 0 Å². The van der Waals surface area contributed by atoms with Gasteiger partial charge in [0.15, 0.2) is 0 Å². The lowest BCUT2D eigenvalue weighted by molar-refractivity contribution is 0.441. The lowest BCUT2D eigenvalue weighted by atomic mass is 10.1. The largest absolute Gasteiger partial charge is 0.428 e. The fourth-order valence-corrected chi connectivity index (χ4v) is 0.732. The van der Waals surface area contributed by atoms with Crippen LogP contribution in [0.4, 0.5) is 0 Å². The predicted molar refractivity (Wildman–Crippen MR) is 40.2 cm³/mol. The third-order valence-corrected chi connectivity index (χ3v) is 3.05. The maximum absolute atomic E-state index is 4.85. The Hall–Kier alpha value is 1.10. The van der Waals surface area contributed by atoms with E-state index in [1.807, 2.05) is 6.82 Å². The summed E-state index contributed by atoms with van der Waals surface area (Å²) in [6.45, 7) is 2.01. The highest BCUT2D eigenvalue weighted by Crippen LogP contribution is 2.14. The fourth-order valence-electron chi connectivity index (χ4n) is 0.0364. The van der Waals surface area contributed by atoms with E-state index in [-0.39, 0.29) is 0 Å². The van der Waals surface area contributed by atoms with Crippen molar-refractivity contribution in [2.24, 2.45) is 0 Å². The molecule has 0 aliphatic carbocycles. The summed E-state index contributed by atoms with van der Waals surface area (Å²) in [4.78, 5) is 0. The highest BCUT2D eigenvalue weighted by Gasteiger charge is 2.00. The number of hydrogen-bond acceptors (Lipinski definition) is 2. The van der Waals surface area contributed by atoms with Crippen molar-refractivity contribution in [3.05, 3.63) is 0 Å². The molecule has 0 saturated heterocycles. The molecule has 0 heterocycles. The molecular formula is C2H6BIOS. The molecule has 4 heteroatoms. The van der Waals surface area contributed by atoms with Crippen LogP contribution in [0.15, 0.2) is 0 Å². The molecule has 0 aliphatic rings. The van der Waals surface area contributed by atoms with Crippen molar-refractivity contribution < 1.29 is 4.65 Å². The summed E-state index contributed by atoms with van der Waals surface area (Å²) in [5, 5.41) is 0. The number of rotatable bonds is 2. The minimum atomic E-state index is 0.339. The van der Waals surface area contributed by atoms with Crippen LogP contribution in [0, 0.1) is 0 Å². The quantitative estimate of drug-likeness (QED) is 0.514. The first-order valence-electron chi connectivity index (χ1n) is 1.61. The third kappa shape index (κ3) is 3.30. The van der Waals surface area contributed by atoms with Crippen molar-refractivity contribution in [2.45, 2.75) is 6.82 Å². The Morgan fingerprint density at radius 2 is 2.33 bits per heavy atom. The summed E-state index contributed by atoms with van der Waals surface area (Å²) >= 11 is 2.21. The Labute approximate surface area is 54.8 Å². The maximum Gasteiger partial charge on any atom is 0.368 e. The lowest BCUT2D eigenvalue weighted by Crippen LogP contribution is -2.00. The van der Waals surface area contributed by atoms with E-state index in [0.717, 1.165) is 0 Å². The average molecular weight is 216 g/mol. The molecule has 0 radical (unpaired) electrons. The van der Waals surface area contributed by atoms with E-state index in [0.29, 0.717) is 6.19 Å². The van der Waals surface area contributed by atoms with E-state index in [1.54, 1.807) is 15.9 Å². The monoisotopic (exact) mass is 216 g/mol. The molecule has 0 atom stereocenters. The van der Waals surface area contributed by atoms with Crippen LogP contribution in [0.2, 0.25) is 6.82 Å². The molecule has 0 aliphatic heterocycles. The van der Waals surface area contributed by atoms with Crippen molar-refractivity contribution in [2.75, 3.05) is 7.11 Å². The van der Waals surface area contributed by atoms with Crippen molar-refractivity contribution in [3.63, 3.8) is 0 Å². The van der Waals surface area contributed by atoms with Crippen LogP contribution in [0.1, 0.15) is 0 Å². The summed E-state index contributed by atoms with van der Waals surface area (Å²) in [6, 6.07) is 0. The van der Waals surface area contributed by atoms with Gasteiger partial charge in [-0.05, 0) is 28.0 Å². The number of halogens is 1. The first kappa shape index (κ1) is 7.10. The smallest absolute Gasteiger partial charge is 0.368 e. The fraction of sp³-hybridized carbons (Fsp3) is 1.00. The van der Waals surface area contributed by atoms with E-state index in [1.165, 1.54) is 0 Å². The Bertz CT molecular complexity index is 32.7. The van der Waals surface area contributed by atoms with Gasteiger partial charge in [0.05, 0.1) is 0 Å². The molecule has 0 amide bonds. The van der Waals surface area contributed by atoms with Crippen molar-refractivity contribution in [1.82, 2.24) is 0 Å². The molecule has 0 unspecified atom stereocenters. The van der Waals surface area contributed by atoms with Crippen LogP contribution >= 0.6 is 30.0 Å². The Morgan fingerprint density at radius 1 is 1.83 bits per heavy atom. The summed E-state index contributed by atoms with van der Waals surface area (Å²) in [6.07, 6.45) is 0.339. The second-order valence-corrected chi connectivity index (χ2v) is 3.26. The topological polar surface area (TPSA) is 9.23 Å². The van der Waals surface area contributed by atoms with Crippen LogP contribution in [0.5, 0.6) is 0 Å². The third-order valence-electron chi connectivity index (χ3n) is 0.457. The van der Waals surface area contributed by atoms with Gasteiger partial charge in [0, 0.05) is 7.11 Å². The second-order valence-electron chi connectivity index (χ2n) is 0.892. The average Bonchev–Trinajstić information content (AvgIpc) is 1.65. The van der Waals surface area contributed by atoms with E-state index >= 15 is 0 Å². The SMILES string of the molecule is COB(C)SI. The molecule has 6 heavy (non-hydrogen) atoms. The summed E-state index contributed by atoms with van der Waals surface area (Å²) in [5.74, 6) is 0. The van der Waals surface area contributed by atoms with E-state index < -0.39 is 0 Å². The zero-order valence-electron chi connectivity index (χ0n) is 3.77. The molecule has 0 spiro atoms. The Kier molecular flexibility index (Phi) is 5.05. The normalized spacial score (nSPS) is 8.50. The molecule has 0 rings (SSSR count). The van der Waals surface area contributed by atoms with E-state index in [4.69, 9.17) is 4.65 Å². The highest BCUT2D eigenvalue weighted by molar-refractivity contribution is 14.2. The summed E-state index contributed by atoms with van der Waals surface area (Å²) in [5.41, 5.74) is 0. The molecule has 0 aromatic rings. The van der Waals surface area contributed by atoms with E-state index in [2.05, 4.69) is 21.2 Å². The van der Waals surface area contributed by atoms with Gasteiger partial charge in [0.2, 0.25) is 0 Å². The minimum absolute atomic E-state index is 0.339. The molecular weight excluding hydrogens is 210 g/mol. The first-order chi connectivity index (χ1) is 2.81. The summed E-state index contributed by atoms with van der Waals surface area (Å²) < 4.78 is 4.85. The molecule has 0 saturated carbocycles. The molecule has 1 nitrogen and oxygen atoms in total. The van der Waals surface area contributed by atoms with Crippen LogP contribution in [-0.4, -0.2) is 13.3 Å². The van der Waals surface area contributed by atoms with Crippen molar-refractivity contribution in [1.29, 1.82) is 0 Å². The molecule has 0 fully saturated rings. The number of hydrogen-bond donors (Lipinski definition) is 0. The van der Waals surface area contributed by atoms with Gasteiger partial charge in [-0.3, -0.25) is 0 Å². The lowest BCUT2D eigenvalue weighted by Gasteiger charge is -1.93. The maximum atomic E-state index is 4.85. The van der Waals surface area contributed by atoms with Gasteiger partial charge in [-0.15, -0.1) is 8.78 Å². The Morgan fingerprint density at radius 3 is 2.33 bits per heavy atom. The van der Waals surface area contributed by atoms with Gasteiger partial charge in [0.25, 0.3) is 0 Å². The molecule has 0 aromatic heterocycles. The highest BCUT2D eigenvalue weighted by atomic mass is 127. The van der Waals surface area contributed by atoms with Gasteiger partial charge in [-0.25, -0.2) is 0 Å². The standard InChI is InChI=1S/C2H6BIOS/c1-3(5-2)6-4/h1-2H3. The molecule has 0 N–H and O–H groups in total. The van der Waals surface area contributed by atoms with Gasteiger partial charge < -0.3 is 4.65 Å². The van der Waals surface area contributed by atoms with Crippen molar-refractivity contribution in [3.8, 4) is 0 Å².